The summed E-state index contributed by atoms with van der Waals surface area (Å²) in [4.78, 5) is 12.6. The zero-order valence-corrected chi connectivity index (χ0v) is 31.0. The van der Waals surface area contributed by atoms with Crippen molar-refractivity contribution in [1.82, 2.24) is 14.5 Å². The molecule has 4 heteroatoms. The van der Waals surface area contributed by atoms with E-state index in [-0.39, 0.29) is 0 Å². The maximum Gasteiger partial charge on any atom is 0.160 e. The standard InChI is InChI=1S/C50H40N4/c1-33-19-23-37(24-20-33)45-32-46(52-50(51-45)38-25-21-34(2)22-26-38)49-35(3)29-42(30-36(49)4)54-47-18-12-11-17-43(47)44-31-41(27-28-48(44)54)53(39-13-7-5-8-14-39)40-15-9-6-10-16-40/h5-32H,1-4H3. The van der Waals surface area contributed by atoms with Crippen LogP contribution in [0.4, 0.5) is 17.1 Å². The van der Waals surface area contributed by atoms with Gasteiger partial charge in [-0.3, -0.25) is 0 Å². The Kier molecular flexibility index (Phi) is 8.36. The second-order valence-corrected chi connectivity index (χ2v) is 14.2. The third kappa shape index (κ3) is 6.02. The van der Waals surface area contributed by atoms with E-state index in [1.165, 1.54) is 27.4 Å². The molecule has 0 bridgehead atoms. The second-order valence-electron chi connectivity index (χ2n) is 14.2. The fourth-order valence-corrected chi connectivity index (χ4v) is 7.73. The predicted octanol–water partition coefficient (Wildman–Crippen LogP) is 13.3. The molecule has 0 atom stereocenters. The SMILES string of the molecule is Cc1ccc(-c2cc(-c3c(C)cc(-n4c5ccccc5c5cc(N(c6ccccc6)c6ccccc6)ccc54)cc3C)nc(-c3ccc(C)cc3)n2)cc1. The van der Waals surface area contributed by atoms with Gasteiger partial charge >= 0.3 is 0 Å². The van der Waals surface area contributed by atoms with Crippen LogP contribution >= 0.6 is 0 Å². The number of benzene rings is 7. The zero-order valence-electron chi connectivity index (χ0n) is 31.0. The highest BCUT2D eigenvalue weighted by atomic mass is 15.1. The fraction of sp³-hybridized carbons (Fsp3) is 0.0800. The highest BCUT2D eigenvalue weighted by molar-refractivity contribution is 6.10. The summed E-state index contributed by atoms with van der Waals surface area (Å²) in [5.41, 5.74) is 16.6. The van der Waals surface area contributed by atoms with Crippen molar-refractivity contribution in [3.63, 3.8) is 0 Å². The van der Waals surface area contributed by atoms with E-state index in [9.17, 15) is 0 Å². The predicted molar refractivity (Wildman–Crippen MR) is 226 cm³/mol. The Balaban J connectivity index is 1.19. The van der Waals surface area contributed by atoms with Gasteiger partial charge in [-0.05, 0) is 106 Å². The molecule has 0 radical (unpaired) electrons. The van der Waals surface area contributed by atoms with E-state index in [4.69, 9.17) is 9.97 Å². The molecule has 7 aromatic carbocycles. The van der Waals surface area contributed by atoms with Gasteiger partial charge in [0.05, 0.1) is 22.4 Å². The van der Waals surface area contributed by atoms with Crippen molar-refractivity contribution in [3.8, 4) is 39.6 Å². The first kappa shape index (κ1) is 33.1. The average Bonchev–Trinajstić information content (AvgIpc) is 3.53. The van der Waals surface area contributed by atoms with E-state index < -0.39 is 0 Å². The molecule has 9 rings (SSSR count). The van der Waals surface area contributed by atoms with Crippen LogP contribution in [0.25, 0.3) is 61.4 Å². The average molecular weight is 697 g/mol. The van der Waals surface area contributed by atoms with Gasteiger partial charge in [-0.25, -0.2) is 9.97 Å². The number of aromatic nitrogens is 3. The number of fused-ring (bicyclic) bond motifs is 3. The van der Waals surface area contributed by atoms with Crippen molar-refractivity contribution >= 4 is 38.9 Å². The number of aryl methyl sites for hydroxylation is 4. The molecule has 260 valence electrons. The van der Waals surface area contributed by atoms with Crippen molar-refractivity contribution in [3.05, 3.63) is 192 Å². The number of para-hydroxylation sites is 3. The summed E-state index contributed by atoms with van der Waals surface area (Å²) in [5, 5.41) is 2.43. The molecule has 0 unspecified atom stereocenters. The molecule has 54 heavy (non-hydrogen) atoms. The van der Waals surface area contributed by atoms with Gasteiger partial charge < -0.3 is 9.47 Å². The number of hydrogen-bond acceptors (Lipinski definition) is 3. The number of nitrogens with zero attached hydrogens (tertiary/aromatic N) is 4. The first-order valence-corrected chi connectivity index (χ1v) is 18.5. The highest BCUT2D eigenvalue weighted by Gasteiger charge is 2.20. The van der Waals surface area contributed by atoms with Gasteiger partial charge in [-0.15, -0.1) is 0 Å². The minimum atomic E-state index is 0.726. The maximum atomic E-state index is 5.21. The number of hydrogen-bond donors (Lipinski definition) is 0. The molecule has 0 saturated heterocycles. The molecule has 4 nitrogen and oxygen atoms in total. The van der Waals surface area contributed by atoms with E-state index in [0.29, 0.717) is 0 Å². The Morgan fingerprint density at radius 1 is 0.426 bits per heavy atom. The lowest BCUT2D eigenvalue weighted by molar-refractivity contribution is 1.14. The van der Waals surface area contributed by atoms with E-state index in [1.807, 2.05) is 0 Å². The Morgan fingerprint density at radius 2 is 0.963 bits per heavy atom. The van der Waals surface area contributed by atoms with Gasteiger partial charge in [-0.2, -0.15) is 0 Å². The van der Waals surface area contributed by atoms with E-state index in [0.717, 1.165) is 73.3 Å². The molecule has 0 aliphatic heterocycles. The minimum Gasteiger partial charge on any atom is -0.310 e. The van der Waals surface area contributed by atoms with Crippen LogP contribution in [0.1, 0.15) is 22.3 Å². The van der Waals surface area contributed by atoms with Crippen LogP contribution in [-0.4, -0.2) is 14.5 Å². The Labute approximate surface area is 316 Å². The Morgan fingerprint density at radius 3 is 1.59 bits per heavy atom. The molecule has 2 heterocycles. The Bertz CT molecular complexity index is 2660. The molecule has 0 aliphatic rings. The summed E-state index contributed by atoms with van der Waals surface area (Å²) in [6, 6.07) is 60.6. The fourth-order valence-electron chi connectivity index (χ4n) is 7.73. The first-order chi connectivity index (χ1) is 26.4. The summed E-state index contributed by atoms with van der Waals surface area (Å²) in [6.07, 6.45) is 0. The molecule has 0 amide bonds. The van der Waals surface area contributed by atoms with E-state index in [2.05, 4.69) is 207 Å². The van der Waals surface area contributed by atoms with Crippen LogP contribution in [0.3, 0.4) is 0 Å². The molecule has 0 fully saturated rings. The first-order valence-electron chi connectivity index (χ1n) is 18.5. The van der Waals surface area contributed by atoms with Gasteiger partial charge in [0, 0.05) is 50.2 Å². The monoisotopic (exact) mass is 696 g/mol. The van der Waals surface area contributed by atoms with Gasteiger partial charge in [0.15, 0.2) is 5.82 Å². The maximum absolute atomic E-state index is 5.21. The molecule has 0 saturated carbocycles. The van der Waals surface area contributed by atoms with E-state index >= 15 is 0 Å². The van der Waals surface area contributed by atoms with Crippen molar-refractivity contribution in [1.29, 1.82) is 0 Å². The van der Waals surface area contributed by atoms with Crippen molar-refractivity contribution in [2.24, 2.45) is 0 Å². The Hall–Kier alpha value is -6.78. The van der Waals surface area contributed by atoms with Crippen LogP contribution in [0.2, 0.25) is 0 Å². The molecular formula is C50H40N4. The summed E-state index contributed by atoms with van der Waals surface area (Å²) in [5.74, 6) is 0.726. The minimum absolute atomic E-state index is 0.726. The van der Waals surface area contributed by atoms with Gasteiger partial charge in [0.25, 0.3) is 0 Å². The number of anilines is 3. The largest absolute Gasteiger partial charge is 0.310 e. The molecule has 9 aromatic rings. The van der Waals surface area contributed by atoms with Gasteiger partial charge in [-0.1, -0.05) is 114 Å². The van der Waals surface area contributed by atoms with Gasteiger partial charge in [0.1, 0.15) is 0 Å². The van der Waals surface area contributed by atoms with Crippen molar-refractivity contribution < 1.29 is 0 Å². The smallest absolute Gasteiger partial charge is 0.160 e. The summed E-state index contributed by atoms with van der Waals surface area (Å²) < 4.78 is 2.41. The van der Waals surface area contributed by atoms with E-state index in [1.54, 1.807) is 0 Å². The third-order valence-electron chi connectivity index (χ3n) is 10.4. The lowest BCUT2D eigenvalue weighted by atomic mass is 9.97. The van der Waals surface area contributed by atoms with Crippen LogP contribution in [0.15, 0.2) is 170 Å². The summed E-state index contributed by atoms with van der Waals surface area (Å²) in [7, 11) is 0. The lowest BCUT2D eigenvalue weighted by Crippen LogP contribution is -2.09. The van der Waals surface area contributed by atoms with Crippen molar-refractivity contribution in [2.45, 2.75) is 27.7 Å². The van der Waals surface area contributed by atoms with Crippen LogP contribution in [0.5, 0.6) is 0 Å². The second kappa shape index (κ2) is 13.6. The van der Waals surface area contributed by atoms with Crippen LogP contribution in [-0.2, 0) is 0 Å². The number of rotatable bonds is 7. The molecule has 0 N–H and O–H groups in total. The van der Waals surface area contributed by atoms with Crippen LogP contribution in [0, 0.1) is 27.7 Å². The topological polar surface area (TPSA) is 34.0 Å². The molecule has 2 aromatic heterocycles. The van der Waals surface area contributed by atoms with Crippen LogP contribution < -0.4 is 4.90 Å². The normalized spacial score (nSPS) is 11.3. The molecule has 0 aliphatic carbocycles. The summed E-state index contributed by atoms with van der Waals surface area (Å²) >= 11 is 0. The molecular weight excluding hydrogens is 657 g/mol. The molecule has 0 spiro atoms. The highest BCUT2D eigenvalue weighted by Crippen LogP contribution is 2.41. The third-order valence-corrected chi connectivity index (χ3v) is 10.4. The quantitative estimate of drug-likeness (QED) is 0.166. The van der Waals surface area contributed by atoms with Crippen molar-refractivity contribution in [2.75, 3.05) is 4.90 Å². The zero-order chi connectivity index (χ0) is 36.8. The summed E-state index contributed by atoms with van der Waals surface area (Å²) in [6.45, 7) is 8.62. The lowest BCUT2D eigenvalue weighted by Gasteiger charge is -2.25. The van der Waals surface area contributed by atoms with Gasteiger partial charge in [0.2, 0.25) is 0 Å².